The number of halogens is 1. The van der Waals surface area contributed by atoms with Crippen LogP contribution in [-0.4, -0.2) is 48.5 Å². The highest BCUT2D eigenvalue weighted by molar-refractivity contribution is 7.09. The van der Waals surface area contributed by atoms with Gasteiger partial charge in [-0.2, -0.15) is 0 Å². The number of aryl methyl sites for hydroxylation is 1. The highest BCUT2D eigenvalue weighted by atomic mass is 35.5. The number of piperazine rings is 1. The second-order valence-electron chi connectivity index (χ2n) is 6.08. The van der Waals surface area contributed by atoms with Gasteiger partial charge >= 0.3 is 6.03 Å². The number of hydrogen-bond acceptors (Lipinski definition) is 5. The van der Waals surface area contributed by atoms with E-state index in [1.165, 1.54) is 0 Å². The lowest BCUT2D eigenvalue weighted by molar-refractivity contribution is -0.120. The summed E-state index contributed by atoms with van der Waals surface area (Å²) in [5.74, 6) is -0.0244. The third kappa shape index (κ3) is 4.44. The SMILES string of the molecule is Cc1nc(CN(C)C(=O)Nc2ccc(N3CCNC(=O)C3)c(Cl)c2)cs1. The summed E-state index contributed by atoms with van der Waals surface area (Å²) < 4.78 is 0. The first-order valence-electron chi connectivity index (χ1n) is 8.16. The average molecular weight is 394 g/mol. The van der Waals surface area contributed by atoms with Crippen LogP contribution >= 0.6 is 22.9 Å². The van der Waals surface area contributed by atoms with Crippen molar-refractivity contribution in [2.45, 2.75) is 13.5 Å². The van der Waals surface area contributed by atoms with Gasteiger partial charge in [0, 0.05) is 31.2 Å². The lowest BCUT2D eigenvalue weighted by atomic mass is 10.2. The van der Waals surface area contributed by atoms with Gasteiger partial charge in [-0.25, -0.2) is 9.78 Å². The van der Waals surface area contributed by atoms with Crippen LogP contribution < -0.4 is 15.5 Å². The summed E-state index contributed by atoms with van der Waals surface area (Å²) in [7, 11) is 1.71. The molecule has 0 atom stereocenters. The Morgan fingerprint density at radius 1 is 1.50 bits per heavy atom. The molecule has 0 bridgehead atoms. The van der Waals surface area contributed by atoms with Crippen LogP contribution in [0.25, 0.3) is 0 Å². The number of carbonyl (C=O) groups excluding carboxylic acids is 2. The molecule has 3 amide bonds. The van der Waals surface area contributed by atoms with E-state index in [-0.39, 0.29) is 18.5 Å². The molecule has 1 aliphatic rings. The van der Waals surface area contributed by atoms with Crippen LogP contribution in [0.3, 0.4) is 0 Å². The van der Waals surface area contributed by atoms with E-state index in [0.29, 0.717) is 30.3 Å². The Hall–Kier alpha value is -2.32. The highest BCUT2D eigenvalue weighted by Crippen LogP contribution is 2.29. The molecule has 0 unspecified atom stereocenters. The minimum absolute atomic E-state index is 0.0244. The molecule has 0 radical (unpaired) electrons. The van der Waals surface area contributed by atoms with E-state index in [9.17, 15) is 9.59 Å². The molecule has 1 saturated heterocycles. The summed E-state index contributed by atoms with van der Waals surface area (Å²) in [4.78, 5) is 31.7. The van der Waals surface area contributed by atoms with Crippen molar-refractivity contribution in [3.8, 4) is 0 Å². The lowest BCUT2D eigenvalue weighted by Gasteiger charge is -2.29. The van der Waals surface area contributed by atoms with Crippen molar-refractivity contribution in [1.82, 2.24) is 15.2 Å². The third-order valence-corrected chi connectivity index (χ3v) is 5.12. The van der Waals surface area contributed by atoms with Crippen molar-refractivity contribution in [3.05, 3.63) is 39.3 Å². The minimum atomic E-state index is -0.239. The molecule has 2 heterocycles. The zero-order valence-electron chi connectivity index (χ0n) is 14.6. The Balaban J connectivity index is 1.63. The zero-order valence-corrected chi connectivity index (χ0v) is 16.2. The predicted molar refractivity (Wildman–Crippen MR) is 104 cm³/mol. The number of amides is 3. The van der Waals surface area contributed by atoms with Crippen LogP contribution in [0, 0.1) is 6.92 Å². The number of nitrogens with one attached hydrogen (secondary N) is 2. The second kappa shape index (κ2) is 7.92. The second-order valence-corrected chi connectivity index (χ2v) is 7.55. The van der Waals surface area contributed by atoms with Crippen molar-refractivity contribution >= 4 is 46.3 Å². The monoisotopic (exact) mass is 393 g/mol. The molecular formula is C17H20ClN5O2S. The lowest BCUT2D eigenvalue weighted by Crippen LogP contribution is -2.47. The van der Waals surface area contributed by atoms with Gasteiger partial charge in [0.25, 0.3) is 0 Å². The Kier molecular flexibility index (Phi) is 5.63. The van der Waals surface area contributed by atoms with E-state index in [2.05, 4.69) is 15.6 Å². The number of aromatic nitrogens is 1. The molecule has 0 aliphatic carbocycles. The number of carbonyl (C=O) groups is 2. The quantitative estimate of drug-likeness (QED) is 0.837. The number of anilines is 2. The average Bonchev–Trinajstić information content (AvgIpc) is 2.99. The summed E-state index contributed by atoms with van der Waals surface area (Å²) in [6.45, 7) is 3.94. The summed E-state index contributed by atoms with van der Waals surface area (Å²) in [6.07, 6.45) is 0. The summed E-state index contributed by atoms with van der Waals surface area (Å²) >= 11 is 7.92. The molecule has 1 fully saturated rings. The Labute approximate surface area is 161 Å². The first-order chi connectivity index (χ1) is 12.4. The normalized spacial score (nSPS) is 14.1. The van der Waals surface area contributed by atoms with Crippen molar-refractivity contribution in [1.29, 1.82) is 0 Å². The number of hydrogen-bond donors (Lipinski definition) is 2. The molecular weight excluding hydrogens is 374 g/mol. The van der Waals surface area contributed by atoms with Crippen molar-refractivity contribution in [3.63, 3.8) is 0 Å². The molecule has 2 N–H and O–H groups in total. The molecule has 1 aliphatic heterocycles. The zero-order chi connectivity index (χ0) is 18.7. The van der Waals surface area contributed by atoms with Crippen molar-refractivity contribution < 1.29 is 9.59 Å². The van der Waals surface area contributed by atoms with Gasteiger partial charge < -0.3 is 20.4 Å². The van der Waals surface area contributed by atoms with Crippen LogP contribution in [0.4, 0.5) is 16.2 Å². The molecule has 9 heteroatoms. The van der Waals surface area contributed by atoms with Crippen molar-refractivity contribution in [2.75, 3.05) is 36.9 Å². The number of thiazole rings is 1. The maximum atomic E-state index is 12.3. The molecule has 3 rings (SSSR count). The summed E-state index contributed by atoms with van der Waals surface area (Å²) in [5, 5.41) is 9.03. The van der Waals surface area contributed by atoms with E-state index in [1.807, 2.05) is 23.3 Å². The van der Waals surface area contributed by atoms with Crippen LogP contribution in [0.1, 0.15) is 10.7 Å². The van der Waals surface area contributed by atoms with Gasteiger partial charge in [0.2, 0.25) is 5.91 Å². The smallest absolute Gasteiger partial charge is 0.321 e. The van der Waals surface area contributed by atoms with Crippen molar-refractivity contribution in [2.24, 2.45) is 0 Å². The fraction of sp³-hybridized carbons (Fsp3) is 0.353. The van der Waals surface area contributed by atoms with Gasteiger partial charge in [0.15, 0.2) is 0 Å². The van der Waals surface area contributed by atoms with E-state index in [0.717, 1.165) is 16.4 Å². The van der Waals surface area contributed by atoms with E-state index in [1.54, 1.807) is 35.4 Å². The molecule has 0 saturated carbocycles. The number of benzene rings is 1. The molecule has 0 spiro atoms. The third-order valence-electron chi connectivity index (χ3n) is 3.99. The molecule has 1 aromatic carbocycles. The molecule has 1 aromatic heterocycles. The summed E-state index contributed by atoms with van der Waals surface area (Å²) in [6, 6.07) is 5.06. The first kappa shape index (κ1) is 18.5. The largest absolute Gasteiger partial charge is 0.359 e. The maximum absolute atomic E-state index is 12.3. The fourth-order valence-electron chi connectivity index (χ4n) is 2.70. The Morgan fingerprint density at radius 3 is 2.96 bits per heavy atom. The maximum Gasteiger partial charge on any atom is 0.321 e. The van der Waals surface area contributed by atoms with E-state index in [4.69, 9.17) is 11.6 Å². The Bertz CT molecular complexity index is 825. The van der Waals surface area contributed by atoms with Gasteiger partial charge in [-0.3, -0.25) is 4.79 Å². The molecule has 2 aromatic rings. The van der Waals surface area contributed by atoms with Gasteiger partial charge in [-0.05, 0) is 25.1 Å². The molecule has 138 valence electrons. The van der Waals surface area contributed by atoms with Gasteiger partial charge in [-0.15, -0.1) is 11.3 Å². The summed E-state index contributed by atoms with van der Waals surface area (Å²) in [5.41, 5.74) is 2.25. The number of urea groups is 1. The van der Waals surface area contributed by atoms with E-state index >= 15 is 0 Å². The molecule has 7 nitrogen and oxygen atoms in total. The minimum Gasteiger partial charge on any atom is -0.359 e. The van der Waals surface area contributed by atoms with Crippen LogP contribution in [0.5, 0.6) is 0 Å². The first-order valence-corrected chi connectivity index (χ1v) is 9.42. The number of rotatable bonds is 4. The van der Waals surface area contributed by atoms with Gasteiger partial charge in [0.1, 0.15) is 0 Å². The van der Waals surface area contributed by atoms with E-state index < -0.39 is 0 Å². The van der Waals surface area contributed by atoms with Crippen LogP contribution in [0.15, 0.2) is 23.6 Å². The fourth-order valence-corrected chi connectivity index (χ4v) is 3.60. The Morgan fingerprint density at radius 2 is 2.31 bits per heavy atom. The topological polar surface area (TPSA) is 77.6 Å². The van der Waals surface area contributed by atoms with Gasteiger partial charge in [-0.1, -0.05) is 11.6 Å². The van der Waals surface area contributed by atoms with Gasteiger partial charge in [0.05, 0.1) is 34.5 Å². The molecule has 26 heavy (non-hydrogen) atoms. The standard InChI is InChI=1S/C17H20ClN5O2S/c1-11-20-13(10-26-11)8-22(2)17(25)21-12-3-4-15(14(18)7-12)23-6-5-19-16(24)9-23/h3-4,7,10H,5-6,8-9H2,1-2H3,(H,19,24)(H,21,25). The predicted octanol–water partition coefficient (Wildman–Crippen LogP) is 2.71. The highest BCUT2D eigenvalue weighted by Gasteiger charge is 2.19. The van der Waals surface area contributed by atoms with Crippen LogP contribution in [0.2, 0.25) is 5.02 Å². The number of nitrogens with zero attached hydrogens (tertiary/aromatic N) is 3. The van der Waals surface area contributed by atoms with Crippen LogP contribution in [-0.2, 0) is 11.3 Å².